The van der Waals surface area contributed by atoms with Crippen LogP contribution in [0, 0.1) is 0 Å². The smallest absolute Gasteiger partial charge is 0.270 e. The molecule has 0 bridgehead atoms. The molecule has 1 saturated heterocycles. The zero-order valence-electron chi connectivity index (χ0n) is 16.3. The fraction of sp³-hybridized carbons (Fsp3) is 0.882. The summed E-state index contributed by atoms with van der Waals surface area (Å²) in [6.45, 7) is 16.8. The van der Waals surface area contributed by atoms with Gasteiger partial charge in [-0.15, -0.1) is 4.37 Å². The van der Waals surface area contributed by atoms with Crippen molar-refractivity contribution in [1.29, 1.82) is 0 Å². The summed E-state index contributed by atoms with van der Waals surface area (Å²) in [5.74, 6) is 1.40. The van der Waals surface area contributed by atoms with E-state index in [-0.39, 0.29) is 17.2 Å². The maximum atomic E-state index is 6.15. The van der Waals surface area contributed by atoms with E-state index >= 15 is 0 Å². The number of rotatable bonds is 7. The summed E-state index contributed by atoms with van der Waals surface area (Å²) in [4.78, 5) is 2.16. The molecule has 0 amide bonds. The highest BCUT2D eigenvalue weighted by atomic mass is 32.1. The van der Waals surface area contributed by atoms with E-state index in [2.05, 4.69) is 60.5 Å². The van der Waals surface area contributed by atoms with E-state index in [1.54, 1.807) is 0 Å². The second kappa shape index (κ2) is 8.62. The number of anilines is 1. The van der Waals surface area contributed by atoms with Crippen LogP contribution in [0.3, 0.4) is 0 Å². The van der Waals surface area contributed by atoms with Crippen molar-refractivity contribution in [3.8, 4) is 5.88 Å². The molecule has 2 heterocycles. The highest BCUT2D eigenvalue weighted by Crippen LogP contribution is 2.26. The molecular weight excluding hydrogens is 340 g/mol. The van der Waals surface area contributed by atoms with E-state index in [9.17, 15) is 0 Å². The molecule has 1 N–H and O–H groups in total. The van der Waals surface area contributed by atoms with Crippen molar-refractivity contribution in [3.05, 3.63) is 0 Å². The molecule has 1 atom stereocenters. The Kier molecular flexibility index (Phi) is 7.01. The minimum Gasteiger partial charge on any atom is -0.472 e. The predicted octanol–water partition coefficient (Wildman–Crippen LogP) is 2.33. The van der Waals surface area contributed by atoms with Gasteiger partial charge in [0.2, 0.25) is 5.82 Å². The lowest BCUT2D eigenvalue weighted by atomic mass is 10.1. The Labute approximate surface area is 155 Å². The van der Waals surface area contributed by atoms with Crippen LogP contribution in [0.4, 0.5) is 5.82 Å². The first-order valence-corrected chi connectivity index (χ1v) is 9.58. The molecular formula is C17H32N4O3S. The number of morpholine rings is 1. The normalized spacial score (nSPS) is 17.6. The molecule has 144 valence electrons. The van der Waals surface area contributed by atoms with Crippen molar-refractivity contribution >= 4 is 17.5 Å². The summed E-state index contributed by atoms with van der Waals surface area (Å²) in [5, 5.41) is 3.49. The summed E-state index contributed by atoms with van der Waals surface area (Å²) in [7, 11) is 0. The van der Waals surface area contributed by atoms with Gasteiger partial charge in [0.1, 0.15) is 12.7 Å². The van der Waals surface area contributed by atoms with Crippen molar-refractivity contribution in [1.82, 2.24) is 14.1 Å². The molecule has 0 unspecified atom stereocenters. The molecule has 0 aromatic carbocycles. The number of ether oxygens (including phenoxy) is 3. The molecule has 8 heteroatoms. The standard InChI is InChI=1S/C17H32N4O3S/c1-16(2,3)18-11-13(24-17(4,5)6)12-23-15-14(19-25-20-15)21-7-9-22-10-8-21/h13,18H,7-12H2,1-6H3/t13-/m0/s1. The van der Waals surface area contributed by atoms with E-state index in [4.69, 9.17) is 14.2 Å². The highest BCUT2D eigenvalue weighted by Gasteiger charge is 2.24. The maximum absolute atomic E-state index is 6.15. The molecule has 2 rings (SSSR count). The minimum atomic E-state index is -0.235. The van der Waals surface area contributed by atoms with Gasteiger partial charge >= 0.3 is 0 Å². The van der Waals surface area contributed by atoms with Crippen LogP contribution in [0.15, 0.2) is 0 Å². The minimum absolute atomic E-state index is 0.0284. The zero-order valence-corrected chi connectivity index (χ0v) is 17.1. The van der Waals surface area contributed by atoms with Gasteiger partial charge in [0, 0.05) is 25.2 Å². The van der Waals surface area contributed by atoms with Crippen molar-refractivity contribution in [2.45, 2.75) is 58.8 Å². The van der Waals surface area contributed by atoms with Crippen LogP contribution in [-0.2, 0) is 9.47 Å². The molecule has 1 aliphatic rings. The van der Waals surface area contributed by atoms with Crippen LogP contribution in [-0.4, -0.2) is 65.4 Å². The molecule has 1 fully saturated rings. The molecule has 0 spiro atoms. The SMILES string of the molecule is CC(C)(C)NC[C@@H](COc1nsnc1N1CCOCC1)OC(C)(C)C. The van der Waals surface area contributed by atoms with Crippen LogP contribution >= 0.6 is 11.7 Å². The second-order valence-corrected chi connectivity index (χ2v) is 8.81. The zero-order chi connectivity index (χ0) is 18.5. The van der Waals surface area contributed by atoms with Crippen molar-refractivity contribution in [2.75, 3.05) is 44.4 Å². The summed E-state index contributed by atoms with van der Waals surface area (Å²) in [6.07, 6.45) is -0.0709. The van der Waals surface area contributed by atoms with Crippen molar-refractivity contribution in [2.24, 2.45) is 0 Å². The average Bonchev–Trinajstić information content (AvgIpc) is 2.97. The Morgan fingerprint density at radius 2 is 1.84 bits per heavy atom. The molecule has 0 radical (unpaired) electrons. The summed E-state index contributed by atoms with van der Waals surface area (Å²) < 4.78 is 26.3. The van der Waals surface area contributed by atoms with Gasteiger partial charge in [-0.3, -0.25) is 0 Å². The molecule has 0 saturated carbocycles. The van der Waals surface area contributed by atoms with Gasteiger partial charge in [-0.05, 0) is 41.5 Å². The second-order valence-electron chi connectivity index (χ2n) is 8.29. The van der Waals surface area contributed by atoms with Gasteiger partial charge in [0.05, 0.1) is 30.5 Å². The Hall–Kier alpha value is -0.960. The van der Waals surface area contributed by atoms with Gasteiger partial charge < -0.3 is 24.4 Å². The quantitative estimate of drug-likeness (QED) is 0.788. The number of nitrogens with one attached hydrogen (secondary N) is 1. The number of nitrogens with zero attached hydrogens (tertiary/aromatic N) is 3. The lowest BCUT2D eigenvalue weighted by molar-refractivity contribution is -0.0763. The van der Waals surface area contributed by atoms with Gasteiger partial charge in [-0.25, -0.2) is 0 Å². The van der Waals surface area contributed by atoms with Crippen LogP contribution in [0.1, 0.15) is 41.5 Å². The van der Waals surface area contributed by atoms with Crippen molar-refractivity contribution < 1.29 is 14.2 Å². The molecule has 1 aromatic heterocycles. The van der Waals surface area contributed by atoms with Gasteiger partial charge in [0.15, 0.2) is 0 Å². The fourth-order valence-corrected chi connectivity index (χ4v) is 2.98. The van der Waals surface area contributed by atoms with E-state index in [1.165, 1.54) is 11.7 Å². The summed E-state index contributed by atoms with van der Waals surface area (Å²) in [6, 6.07) is 0. The lowest BCUT2D eigenvalue weighted by Gasteiger charge is -2.31. The maximum Gasteiger partial charge on any atom is 0.270 e. The third-order valence-corrected chi connectivity index (χ3v) is 4.04. The van der Waals surface area contributed by atoms with E-state index in [0.717, 1.165) is 18.9 Å². The Balaban J connectivity index is 1.96. The van der Waals surface area contributed by atoms with E-state index in [0.29, 0.717) is 32.2 Å². The van der Waals surface area contributed by atoms with E-state index < -0.39 is 0 Å². The Morgan fingerprint density at radius 1 is 1.16 bits per heavy atom. The first-order valence-electron chi connectivity index (χ1n) is 8.85. The van der Waals surface area contributed by atoms with Crippen molar-refractivity contribution in [3.63, 3.8) is 0 Å². The topological polar surface area (TPSA) is 68.7 Å². The highest BCUT2D eigenvalue weighted by molar-refractivity contribution is 6.99. The first-order chi connectivity index (χ1) is 11.6. The van der Waals surface area contributed by atoms with Gasteiger partial charge in [-0.1, -0.05) is 0 Å². The number of hydrogen-bond donors (Lipinski definition) is 1. The predicted molar refractivity (Wildman–Crippen MR) is 101 cm³/mol. The third-order valence-electron chi connectivity index (χ3n) is 3.54. The van der Waals surface area contributed by atoms with Gasteiger partial charge in [-0.2, -0.15) is 4.37 Å². The summed E-state index contributed by atoms with van der Waals surface area (Å²) >= 11 is 1.18. The number of aromatic nitrogens is 2. The Morgan fingerprint density at radius 3 is 2.44 bits per heavy atom. The van der Waals surface area contributed by atoms with Gasteiger partial charge in [0.25, 0.3) is 5.88 Å². The van der Waals surface area contributed by atoms with E-state index in [1.807, 2.05) is 0 Å². The first kappa shape index (κ1) is 20.4. The van der Waals surface area contributed by atoms with Crippen LogP contribution in [0.25, 0.3) is 0 Å². The largest absolute Gasteiger partial charge is 0.472 e. The molecule has 7 nitrogen and oxygen atoms in total. The lowest BCUT2D eigenvalue weighted by Crippen LogP contribution is -2.45. The summed E-state index contributed by atoms with van der Waals surface area (Å²) in [5.41, 5.74) is -0.207. The average molecular weight is 373 g/mol. The molecule has 1 aliphatic heterocycles. The fourth-order valence-electron chi connectivity index (χ4n) is 2.46. The monoisotopic (exact) mass is 372 g/mol. The van der Waals surface area contributed by atoms with Crippen LogP contribution < -0.4 is 15.0 Å². The molecule has 0 aliphatic carbocycles. The third kappa shape index (κ3) is 7.43. The number of hydrogen-bond acceptors (Lipinski definition) is 8. The Bertz CT molecular complexity index is 519. The van der Waals surface area contributed by atoms with Crippen LogP contribution in [0.2, 0.25) is 0 Å². The van der Waals surface area contributed by atoms with Crippen LogP contribution in [0.5, 0.6) is 5.88 Å². The molecule has 25 heavy (non-hydrogen) atoms. The molecule has 1 aromatic rings.